The minimum atomic E-state index is -3.66. The third kappa shape index (κ3) is 4.17. The Bertz CT molecular complexity index is 554. The Balaban J connectivity index is 1.80. The second-order valence-electron chi connectivity index (χ2n) is 5.39. The van der Waals surface area contributed by atoms with E-state index in [1.165, 1.54) is 12.1 Å². The lowest BCUT2D eigenvalue weighted by atomic mass is 10.1. The first-order chi connectivity index (χ1) is 9.26. The summed E-state index contributed by atoms with van der Waals surface area (Å²) >= 11 is 0. The zero-order valence-corrected chi connectivity index (χ0v) is 12.3. The summed E-state index contributed by atoms with van der Waals surface area (Å²) in [5, 5.41) is 14.9. The lowest BCUT2D eigenvalue weighted by Crippen LogP contribution is -2.32. The fraction of sp³-hybridized carbons (Fsp3) is 0.538. The molecule has 1 heterocycles. The Kier molecular flexibility index (Phi) is 4.33. The number of sulfonamides is 1. The molecule has 0 bridgehead atoms. The summed E-state index contributed by atoms with van der Waals surface area (Å²) < 4.78 is 27.7. The summed E-state index contributed by atoms with van der Waals surface area (Å²) in [6.07, 6.45) is 0.774. The lowest BCUT2D eigenvalue weighted by Gasteiger charge is -2.18. The molecule has 1 aliphatic rings. The fourth-order valence-electron chi connectivity index (χ4n) is 2.25. The average Bonchev–Trinajstić information content (AvgIpc) is 2.68. The second-order valence-corrected chi connectivity index (χ2v) is 6.95. The predicted octanol–water partition coefficient (Wildman–Crippen LogP) is 0.170. The van der Waals surface area contributed by atoms with Crippen molar-refractivity contribution in [3.8, 4) is 5.75 Å². The number of nitrogens with zero attached hydrogens (tertiary/aromatic N) is 1. The van der Waals surface area contributed by atoms with Crippen LogP contribution >= 0.6 is 0 Å². The van der Waals surface area contributed by atoms with Crippen LogP contribution in [0.15, 0.2) is 29.2 Å². The minimum Gasteiger partial charge on any atom is -0.492 e. The van der Waals surface area contributed by atoms with Crippen molar-refractivity contribution in [2.45, 2.75) is 23.8 Å². The van der Waals surface area contributed by atoms with Gasteiger partial charge in [-0.25, -0.2) is 13.6 Å². The van der Waals surface area contributed by atoms with Crippen molar-refractivity contribution in [2.75, 3.05) is 26.2 Å². The highest BCUT2D eigenvalue weighted by Gasteiger charge is 2.30. The van der Waals surface area contributed by atoms with Gasteiger partial charge >= 0.3 is 0 Å². The van der Waals surface area contributed by atoms with Gasteiger partial charge < -0.3 is 9.84 Å². The number of benzene rings is 1. The predicted molar refractivity (Wildman–Crippen MR) is 75.0 cm³/mol. The molecule has 20 heavy (non-hydrogen) atoms. The number of likely N-dealkylation sites (tertiary alicyclic amines) is 1. The summed E-state index contributed by atoms with van der Waals surface area (Å²) in [5.74, 6) is 0.600. The van der Waals surface area contributed by atoms with Gasteiger partial charge in [-0.15, -0.1) is 0 Å². The molecule has 0 amide bonds. The first kappa shape index (κ1) is 15.2. The molecule has 1 saturated heterocycles. The number of primary sulfonamides is 1. The van der Waals surface area contributed by atoms with Gasteiger partial charge in [-0.3, -0.25) is 4.90 Å². The van der Waals surface area contributed by atoms with Crippen molar-refractivity contribution in [1.29, 1.82) is 0 Å². The van der Waals surface area contributed by atoms with E-state index in [4.69, 9.17) is 9.88 Å². The first-order valence-electron chi connectivity index (χ1n) is 6.47. The van der Waals surface area contributed by atoms with Crippen LogP contribution in [0.5, 0.6) is 5.75 Å². The molecule has 7 heteroatoms. The van der Waals surface area contributed by atoms with Crippen LogP contribution in [0, 0.1) is 0 Å². The van der Waals surface area contributed by atoms with E-state index >= 15 is 0 Å². The summed E-state index contributed by atoms with van der Waals surface area (Å²) in [6, 6.07) is 6.01. The first-order valence-corrected chi connectivity index (χ1v) is 8.01. The van der Waals surface area contributed by atoms with Crippen LogP contribution in [-0.2, 0) is 10.0 Å². The highest BCUT2D eigenvalue weighted by Crippen LogP contribution is 2.20. The van der Waals surface area contributed by atoms with Gasteiger partial charge in [-0.1, -0.05) is 0 Å². The second kappa shape index (κ2) is 5.69. The molecule has 2 rings (SSSR count). The molecule has 0 radical (unpaired) electrons. The van der Waals surface area contributed by atoms with Crippen LogP contribution < -0.4 is 9.88 Å². The van der Waals surface area contributed by atoms with E-state index < -0.39 is 15.6 Å². The molecule has 1 unspecified atom stereocenters. The maximum atomic E-state index is 11.1. The van der Waals surface area contributed by atoms with Gasteiger partial charge in [0.1, 0.15) is 12.4 Å². The zero-order valence-electron chi connectivity index (χ0n) is 11.4. The molecule has 0 aliphatic carbocycles. The van der Waals surface area contributed by atoms with Gasteiger partial charge in [0.25, 0.3) is 0 Å². The molecule has 3 N–H and O–H groups in total. The molecule has 0 saturated carbocycles. The Morgan fingerprint density at radius 1 is 1.40 bits per heavy atom. The van der Waals surface area contributed by atoms with Crippen LogP contribution in [0.2, 0.25) is 0 Å². The minimum absolute atomic E-state index is 0.0699. The van der Waals surface area contributed by atoms with Gasteiger partial charge in [-0.05, 0) is 37.6 Å². The molecule has 112 valence electrons. The fourth-order valence-corrected chi connectivity index (χ4v) is 2.76. The van der Waals surface area contributed by atoms with Gasteiger partial charge in [0.15, 0.2) is 0 Å². The number of hydrogen-bond acceptors (Lipinski definition) is 5. The lowest BCUT2D eigenvalue weighted by molar-refractivity contribution is 0.0670. The van der Waals surface area contributed by atoms with Gasteiger partial charge in [0.2, 0.25) is 10.0 Å². The molecule has 0 aromatic heterocycles. The van der Waals surface area contributed by atoms with Crippen molar-refractivity contribution in [3.63, 3.8) is 0 Å². The van der Waals surface area contributed by atoms with E-state index in [-0.39, 0.29) is 4.90 Å². The quantitative estimate of drug-likeness (QED) is 0.808. The van der Waals surface area contributed by atoms with Crippen molar-refractivity contribution >= 4 is 10.0 Å². The molecular formula is C13H20N2O4S. The monoisotopic (exact) mass is 300 g/mol. The van der Waals surface area contributed by atoms with E-state index in [1.54, 1.807) is 12.1 Å². The van der Waals surface area contributed by atoms with Gasteiger partial charge in [-0.2, -0.15) is 0 Å². The molecule has 1 aliphatic heterocycles. The average molecular weight is 300 g/mol. The summed E-state index contributed by atoms with van der Waals surface area (Å²) in [4.78, 5) is 2.21. The maximum absolute atomic E-state index is 11.1. The molecule has 0 spiro atoms. The standard InChI is InChI=1S/C13H20N2O4S/c1-13(16)6-7-15(10-13)8-9-19-11-2-4-12(5-3-11)20(14,17)18/h2-5,16H,6-10H2,1H3,(H2,14,17,18). The molecule has 1 aromatic rings. The summed E-state index contributed by atoms with van der Waals surface area (Å²) in [5.41, 5.74) is -0.600. The van der Waals surface area contributed by atoms with E-state index in [0.717, 1.165) is 19.5 Å². The number of aliphatic hydroxyl groups is 1. The molecular weight excluding hydrogens is 280 g/mol. The molecule has 1 atom stereocenters. The van der Waals surface area contributed by atoms with Gasteiger partial charge in [0.05, 0.1) is 10.5 Å². The number of rotatable bonds is 5. The highest BCUT2D eigenvalue weighted by atomic mass is 32.2. The topological polar surface area (TPSA) is 92.9 Å². The van der Waals surface area contributed by atoms with E-state index in [0.29, 0.717) is 18.9 Å². The van der Waals surface area contributed by atoms with E-state index in [9.17, 15) is 13.5 Å². The van der Waals surface area contributed by atoms with Crippen LogP contribution in [0.3, 0.4) is 0 Å². The smallest absolute Gasteiger partial charge is 0.238 e. The maximum Gasteiger partial charge on any atom is 0.238 e. The van der Waals surface area contributed by atoms with Crippen molar-refractivity contribution in [3.05, 3.63) is 24.3 Å². The summed E-state index contributed by atoms with van der Waals surface area (Å²) in [7, 11) is -3.66. The van der Waals surface area contributed by atoms with Crippen molar-refractivity contribution in [2.24, 2.45) is 5.14 Å². The zero-order chi connectivity index (χ0) is 14.8. The Labute approximate surface area is 119 Å². The Hall–Kier alpha value is -1.15. The molecule has 1 aromatic carbocycles. The molecule has 6 nitrogen and oxygen atoms in total. The van der Waals surface area contributed by atoms with Gasteiger partial charge in [0, 0.05) is 19.6 Å². The van der Waals surface area contributed by atoms with Crippen molar-refractivity contribution in [1.82, 2.24) is 4.90 Å². The van der Waals surface area contributed by atoms with Crippen molar-refractivity contribution < 1.29 is 18.3 Å². The Morgan fingerprint density at radius 2 is 2.05 bits per heavy atom. The SMILES string of the molecule is CC1(O)CCN(CCOc2ccc(S(N)(=O)=O)cc2)C1. The van der Waals surface area contributed by atoms with E-state index in [1.807, 2.05) is 6.92 Å². The highest BCUT2D eigenvalue weighted by molar-refractivity contribution is 7.89. The normalized spacial score (nSPS) is 23.9. The third-order valence-electron chi connectivity index (χ3n) is 3.36. The number of β-amino-alcohol motifs (C(OH)–C–C–N with tert-alkyl or cyclic N) is 1. The third-order valence-corrected chi connectivity index (χ3v) is 4.29. The van der Waals surface area contributed by atoms with Crippen LogP contribution in [0.25, 0.3) is 0 Å². The van der Waals surface area contributed by atoms with Crippen LogP contribution in [0.4, 0.5) is 0 Å². The summed E-state index contributed by atoms with van der Waals surface area (Å²) in [6.45, 7) is 4.57. The van der Waals surface area contributed by atoms with E-state index in [2.05, 4.69) is 4.90 Å². The van der Waals surface area contributed by atoms with Crippen LogP contribution in [0.1, 0.15) is 13.3 Å². The Morgan fingerprint density at radius 3 is 2.55 bits per heavy atom. The number of hydrogen-bond donors (Lipinski definition) is 2. The molecule has 1 fully saturated rings. The number of ether oxygens (including phenoxy) is 1. The number of nitrogens with two attached hydrogens (primary N) is 1. The largest absolute Gasteiger partial charge is 0.492 e. The van der Waals surface area contributed by atoms with Crippen LogP contribution in [-0.4, -0.2) is 50.3 Å².